The zero-order chi connectivity index (χ0) is 11.0. The summed E-state index contributed by atoms with van der Waals surface area (Å²) >= 11 is 0. The van der Waals surface area contributed by atoms with Crippen LogP contribution in [-0.2, 0) is 4.74 Å². The number of carbonyl (C=O) groups excluding carboxylic acids is 1. The van der Waals surface area contributed by atoms with E-state index >= 15 is 0 Å². The Labute approximate surface area is 86.5 Å². The van der Waals surface area contributed by atoms with Gasteiger partial charge in [-0.15, -0.1) is 0 Å². The van der Waals surface area contributed by atoms with Gasteiger partial charge in [0.1, 0.15) is 11.4 Å². The van der Waals surface area contributed by atoms with Gasteiger partial charge >= 0.3 is 5.97 Å². The lowest BCUT2D eigenvalue weighted by molar-refractivity contribution is 0.0598. The summed E-state index contributed by atoms with van der Waals surface area (Å²) in [5, 5.41) is 0. The molecule has 2 atom stereocenters. The molecule has 5 heteroatoms. The molecule has 0 bridgehead atoms. The van der Waals surface area contributed by atoms with Gasteiger partial charge in [0, 0.05) is 12.1 Å². The fraction of sp³-hybridized carbons (Fsp3) is 0.500. The molecule has 0 radical (unpaired) electrons. The minimum Gasteiger partial charge on any atom is -0.465 e. The fourth-order valence-electron chi connectivity index (χ4n) is 1.56. The van der Waals surface area contributed by atoms with Gasteiger partial charge in [0.15, 0.2) is 0 Å². The Kier molecular flexibility index (Phi) is 2.30. The molecule has 0 aromatic carbocycles. The van der Waals surface area contributed by atoms with Crippen LogP contribution in [0.25, 0.3) is 0 Å². The molecule has 1 aromatic rings. The molecule has 0 aliphatic heterocycles. The summed E-state index contributed by atoms with van der Waals surface area (Å²) in [5.41, 5.74) is -0.472. The monoisotopic (exact) mass is 208 g/mol. The van der Waals surface area contributed by atoms with Crippen LogP contribution < -0.4 is 5.56 Å². The average Bonchev–Trinajstić information content (AvgIpc) is 2.94. The smallest absolute Gasteiger partial charge is 0.345 e. The van der Waals surface area contributed by atoms with Crippen LogP contribution in [-0.4, -0.2) is 23.0 Å². The van der Waals surface area contributed by atoms with Crippen LogP contribution in [0, 0.1) is 5.92 Å². The van der Waals surface area contributed by atoms with Crippen molar-refractivity contribution in [2.24, 2.45) is 5.92 Å². The van der Waals surface area contributed by atoms with Gasteiger partial charge in [0.05, 0.1) is 7.11 Å². The lowest BCUT2D eigenvalue weighted by Gasteiger charge is -2.00. The highest BCUT2D eigenvalue weighted by Gasteiger charge is 2.36. The molecule has 1 saturated carbocycles. The molecule has 1 aliphatic carbocycles. The molecule has 1 fully saturated rings. The van der Waals surface area contributed by atoms with Crippen molar-refractivity contribution in [3.63, 3.8) is 0 Å². The van der Waals surface area contributed by atoms with E-state index in [1.165, 1.54) is 13.3 Å². The second-order valence-corrected chi connectivity index (χ2v) is 3.82. The number of rotatable bonds is 2. The number of ether oxygens (including phenoxy) is 1. The number of carbonyl (C=O) groups is 1. The van der Waals surface area contributed by atoms with Crippen molar-refractivity contribution in [2.75, 3.05) is 7.11 Å². The number of methoxy groups -OCH3 is 1. The zero-order valence-corrected chi connectivity index (χ0v) is 8.61. The van der Waals surface area contributed by atoms with Crippen LogP contribution in [0.4, 0.5) is 0 Å². The van der Waals surface area contributed by atoms with E-state index in [9.17, 15) is 9.59 Å². The molecule has 0 saturated heterocycles. The van der Waals surface area contributed by atoms with Gasteiger partial charge in [-0.1, -0.05) is 6.92 Å². The molecule has 0 amide bonds. The second kappa shape index (κ2) is 3.49. The largest absolute Gasteiger partial charge is 0.465 e. The highest BCUT2D eigenvalue weighted by Crippen LogP contribution is 2.44. The predicted octanol–water partition coefficient (Wildman–Crippen LogP) is 0.680. The van der Waals surface area contributed by atoms with Crippen LogP contribution in [0.15, 0.2) is 11.0 Å². The summed E-state index contributed by atoms with van der Waals surface area (Å²) in [6.45, 7) is 2.10. The first kappa shape index (κ1) is 9.89. The number of H-pyrrole nitrogens is 1. The first-order chi connectivity index (χ1) is 7.13. The van der Waals surface area contributed by atoms with Gasteiger partial charge in [-0.2, -0.15) is 0 Å². The summed E-state index contributed by atoms with van der Waals surface area (Å²) < 4.78 is 4.46. The lowest BCUT2D eigenvalue weighted by atomic mass is 10.3. The molecule has 1 N–H and O–H groups in total. The Morgan fingerprint density at radius 1 is 1.67 bits per heavy atom. The maximum absolute atomic E-state index is 11.5. The molecule has 15 heavy (non-hydrogen) atoms. The normalized spacial score (nSPS) is 23.6. The quantitative estimate of drug-likeness (QED) is 0.725. The third-order valence-electron chi connectivity index (χ3n) is 2.68. The summed E-state index contributed by atoms with van der Waals surface area (Å²) in [7, 11) is 1.23. The lowest BCUT2D eigenvalue weighted by Crippen LogP contribution is -2.21. The Bertz CT molecular complexity index is 452. The Hall–Kier alpha value is -1.65. The first-order valence-corrected chi connectivity index (χ1v) is 4.81. The van der Waals surface area contributed by atoms with E-state index in [1.807, 2.05) is 0 Å². The Morgan fingerprint density at radius 2 is 2.33 bits per heavy atom. The molecular formula is C10H12N2O3. The third kappa shape index (κ3) is 1.77. The minimum absolute atomic E-state index is 0.0467. The molecule has 5 nitrogen and oxygen atoms in total. The van der Waals surface area contributed by atoms with Crippen molar-refractivity contribution < 1.29 is 9.53 Å². The van der Waals surface area contributed by atoms with Gasteiger partial charge in [0.2, 0.25) is 0 Å². The van der Waals surface area contributed by atoms with E-state index in [1.54, 1.807) is 0 Å². The summed E-state index contributed by atoms with van der Waals surface area (Å²) in [6, 6.07) is 0. The van der Waals surface area contributed by atoms with E-state index < -0.39 is 11.5 Å². The number of hydrogen-bond acceptors (Lipinski definition) is 4. The van der Waals surface area contributed by atoms with Gasteiger partial charge in [-0.25, -0.2) is 9.78 Å². The highest BCUT2D eigenvalue weighted by atomic mass is 16.5. The minimum atomic E-state index is -0.654. The van der Waals surface area contributed by atoms with E-state index in [0.29, 0.717) is 17.7 Å². The number of aromatic amines is 1. The topological polar surface area (TPSA) is 72.0 Å². The molecule has 2 unspecified atom stereocenters. The van der Waals surface area contributed by atoms with Crippen LogP contribution in [0.3, 0.4) is 0 Å². The van der Waals surface area contributed by atoms with Crippen molar-refractivity contribution in [1.29, 1.82) is 0 Å². The van der Waals surface area contributed by atoms with Crippen molar-refractivity contribution in [3.8, 4) is 0 Å². The maximum Gasteiger partial charge on any atom is 0.345 e. The van der Waals surface area contributed by atoms with Crippen molar-refractivity contribution in [2.45, 2.75) is 19.3 Å². The number of hydrogen-bond donors (Lipinski definition) is 1. The standard InChI is InChI=1S/C10H12N2O3/c1-5-3-6(5)8-11-4-7(9(13)12-8)10(14)15-2/h4-6H,3H2,1-2H3,(H,11,12,13). The average molecular weight is 208 g/mol. The zero-order valence-electron chi connectivity index (χ0n) is 8.61. The van der Waals surface area contributed by atoms with E-state index in [4.69, 9.17) is 0 Å². The van der Waals surface area contributed by atoms with Crippen LogP contribution in [0.5, 0.6) is 0 Å². The summed E-state index contributed by atoms with van der Waals surface area (Å²) in [4.78, 5) is 29.3. The van der Waals surface area contributed by atoms with Crippen LogP contribution in [0.1, 0.15) is 35.4 Å². The van der Waals surface area contributed by atoms with Gasteiger partial charge in [0.25, 0.3) is 5.56 Å². The molecular weight excluding hydrogens is 196 g/mol. The maximum atomic E-state index is 11.5. The van der Waals surface area contributed by atoms with Crippen molar-refractivity contribution >= 4 is 5.97 Å². The molecule has 2 rings (SSSR count). The summed E-state index contributed by atoms with van der Waals surface area (Å²) in [5.74, 6) is 0.917. The third-order valence-corrected chi connectivity index (χ3v) is 2.68. The van der Waals surface area contributed by atoms with Gasteiger partial charge in [-0.05, 0) is 12.3 Å². The predicted molar refractivity (Wildman–Crippen MR) is 52.7 cm³/mol. The van der Waals surface area contributed by atoms with Crippen molar-refractivity contribution in [1.82, 2.24) is 9.97 Å². The molecule has 1 aliphatic rings. The van der Waals surface area contributed by atoms with Gasteiger partial charge in [-0.3, -0.25) is 4.79 Å². The van der Waals surface area contributed by atoms with Crippen LogP contribution in [0.2, 0.25) is 0 Å². The van der Waals surface area contributed by atoms with Crippen LogP contribution >= 0.6 is 0 Å². The van der Waals surface area contributed by atoms with Gasteiger partial charge < -0.3 is 9.72 Å². The highest BCUT2D eigenvalue weighted by molar-refractivity contribution is 5.88. The number of nitrogens with one attached hydrogen (secondary N) is 1. The SMILES string of the molecule is COC(=O)c1cnc(C2CC2C)[nH]c1=O. The fourth-order valence-corrected chi connectivity index (χ4v) is 1.56. The number of nitrogens with zero attached hydrogens (tertiary/aromatic N) is 1. The van der Waals surface area contributed by atoms with E-state index in [2.05, 4.69) is 21.6 Å². The summed E-state index contributed by atoms with van der Waals surface area (Å²) in [6.07, 6.45) is 2.32. The Balaban J connectivity index is 2.31. The first-order valence-electron chi connectivity index (χ1n) is 4.81. The molecule has 1 aromatic heterocycles. The molecule has 80 valence electrons. The van der Waals surface area contributed by atoms with E-state index in [0.717, 1.165) is 6.42 Å². The van der Waals surface area contributed by atoms with E-state index in [-0.39, 0.29) is 5.56 Å². The van der Waals surface area contributed by atoms with Crippen molar-refractivity contribution in [3.05, 3.63) is 27.9 Å². The second-order valence-electron chi connectivity index (χ2n) is 3.82. The number of esters is 1. The Morgan fingerprint density at radius 3 is 2.80 bits per heavy atom. The molecule has 1 heterocycles. The number of aromatic nitrogens is 2. The molecule has 0 spiro atoms.